The quantitative estimate of drug-likeness (QED) is 0.866. The van der Waals surface area contributed by atoms with Crippen LogP contribution in [0.15, 0.2) is 22.7 Å². The summed E-state index contributed by atoms with van der Waals surface area (Å²) >= 11 is 3.43. The first-order valence-electron chi connectivity index (χ1n) is 5.83. The number of hydrogen-bond acceptors (Lipinski definition) is 3. The largest absolute Gasteiger partial charge is 0.369 e. The summed E-state index contributed by atoms with van der Waals surface area (Å²) in [4.78, 5) is 2.36. The number of nitrogens with zero attached hydrogens (tertiary/aromatic N) is 2. The first-order chi connectivity index (χ1) is 8.11. The van der Waals surface area contributed by atoms with E-state index in [0.717, 1.165) is 29.5 Å². The number of rotatable bonds is 1. The van der Waals surface area contributed by atoms with Gasteiger partial charge in [0.2, 0.25) is 0 Å². The lowest BCUT2D eigenvalue weighted by atomic mass is 9.98. The molecule has 1 aliphatic heterocycles. The number of halogens is 1. The first kappa shape index (κ1) is 12.4. The molecule has 1 aromatic rings. The highest BCUT2D eigenvalue weighted by Crippen LogP contribution is 2.28. The van der Waals surface area contributed by atoms with Crippen molar-refractivity contribution in [1.29, 1.82) is 5.26 Å². The molecule has 1 saturated heterocycles. The van der Waals surface area contributed by atoms with Gasteiger partial charge in [0.25, 0.3) is 0 Å². The van der Waals surface area contributed by atoms with Crippen molar-refractivity contribution in [3.63, 3.8) is 0 Å². The summed E-state index contributed by atoms with van der Waals surface area (Å²) in [6, 6.07) is 8.83. The van der Waals surface area contributed by atoms with Gasteiger partial charge in [0.05, 0.1) is 5.56 Å². The van der Waals surface area contributed by atoms with Gasteiger partial charge >= 0.3 is 0 Å². The second kappa shape index (κ2) is 5.07. The maximum atomic E-state index is 8.90. The maximum absolute atomic E-state index is 8.90. The Balaban J connectivity index is 2.23. The molecule has 0 aliphatic carbocycles. The van der Waals surface area contributed by atoms with Crippen LogP contribution in [-0.4, -0.2) is 18.6 Å². The Labute approximate surface area is 110 Å². The van der Waals surface area contributed by atoms with Crippen molar-refractivity contribution < 1.29 is 0 Å². The van der Waals surface area contributed by atoms with Crippen LogP contribution in [-0.2, 0) is 0 Å². The number of nitrogens with two attached hydrogens (primary N) is 1. The summed E-state index contributed by atoms with van der Waals surface area (Å²) in [5.41, 5.74) is 7.80. The zero-order chi connectivity index (χ0) is 12.4. The normalized spacial score (nSPS) is 24.5. The molecule has 2 N–H and O–H groups in total. The fourth-order valence-electron chi connectivity index (χ4n) is 2.37. The average molecular weight is 294 g/mol. The molecule has 0 amide bonds. The Morgan fingerprint density at radius 1 is 1.53 bits per heavy atom. The molecule has 0 saturated carbocycles. The molecular weight excluding hydrogens is 278 g/mol. The van der Waals surface area contributed by atoms with E-state index in [-0.39, 0.29) is 0 Å². The third-order valence-corrected chi connectivity index (χ3v) is 3.98. The van der Waals surface area contributed by atoms with Gasteiger partial charge in [0.15, 0.2) is 0 Å². The lowest BCUT2D eigenvalue weighted by Gasteiger charge is -2.38. The van der Waals surface area contributed by atoms with Crippen LogP contribution in [0.5, 0.6) is 0 Å². The van der Waals surface area contributed by atoms with E-state index >= 15 is 0 Å². The van der Waals surface area contributed by atoms with Gasteiger partial charge in [-0.1, -0.05) is 0 Å². The molecule has 0 radical (unpaired) electrons. The van der Waals surface area contributed by atoms with Gasteiger partial charge in [-0.25, -0.2) is 0 Å². The van der Waals surface area contributed by atoms with Gasteiger partial charge < -0.3 is 10.6 Å². The van der Waals surface area contributed by atoms with E-state index in [4.69, 9.17) is 11.0 Å². The molecule has 0 bridgehead atoms. The maximum Gasteiger partial charge on any atom is 0.100 e. The SMILES string of the molecule is CC1CC(N)CCN1c1ccc(C#N)c(Br)c1. The van der Waals surface area contributed by atoms with Crippen molar-refractivity contribution in [2.45, 2.75) is 31.8 Å². The van der Waals surface area contributed by atoms with Crippen molar-refractivity contribution in [3.8, 4) is 6.07 Å². The van der Waals surface area contributed by atoms with Gasteiger partial charge in [-0.3, -0.25) is 0 Å². The molecule has 2 unspecified atom stereocenters. The van der Waals surface area contributed by atoms with E-state index in [0.29, 0.717) is 17.6 Å². The van der Waals surface area contributed by atoms with Gasteiger partial charge in [0, 0.05) is 28.8 Å². The number of nitriles is 1. The smallest absolute Gasteiger partial charge is 0.100 e. The standard InChI is InChI=1S/C13H16BrN3/c1-9-6-11(16)4-5-17(9)12-3-2-10(8-15)13(14)7-12/h2-3,7,9,11H,4-6,16H2,1H3. The van der Waals surface area contributed by atoms with Crippen LogP contribution in [0.3, 0.4) is 0 Å². The van der Waals surface area contributed by atoms with Crippen LogP contribution in [0.4, 0.5) is 5.69 Å². The summed E-state index contributed by atoms with van der Waals surface area (Å²) in [6.45, 7) is 3.19. The van der Waals surface area contributed by atoms with E-state index in [2.05, 4.69) is 33.8 Å². The fourth-order valence-corrected chi connectivity index (χ4v) is 2.82. The Bertz CT molecular complexity index is 452. The highest BCUT2D eigenvalue weighted by molar-refractivity contribution is 9.10. The molecule has 1 aromatic carbocycles. The summed E-state index contributed by atoms with van der Waals surface area (Å²) in [6.07, 6.45) is 2.06. The van der Waals surface area contributed by atoms with E-state index in [1.54, 1.807) is 0 Å². The highest BCUT2D eigenvalue weighted by atomic mass is 79.9. The topological polar surface area (TPSA) is 53.0 Å². The van der Waals surface area contributed by atoms with E-state index in [9.17, 15) is 0 Å². The summed E-state index contributed by atoms with van der Waals surface area (Å²) < 4.78 is 0.861. The van der Waals surface area contributed by atoms with Gasteiger partial charge in [0.1, 0.15) is 6.07 Å². The van der Waals surface area contributed by atoms with Crippen molar-refractivity contribution in [3.05, 3.63) is 28.2 Å². The molecule has 1 aliphatic rings. The van der Waals surface area contributed by atoms with Gasteiger partial charge in [-0.05, 0) is 53.9 Å². The van der Waals surface area contributed by atoms with Crippen LogP contribution in [0, 0.1) is 11.3 Å². The Morgan fingerprint density at radius 3 is 2.88 bits per heavy atom. The molecule has 17 heavy (non-hydrogen) atoms. The summed E-state index contributed by atoms with van der Waals surface area (Å²) in [7, 11) is 0. The van der Waals surface area contributed by atoms with E-state index in [1.165, 1.54) is 0 Å². The lowest BCUT2D eigenvalue weighted by molar-refractivity contribution is 0.430. The minimum absolute atomic E-state index is 0.322. The number of anilines is 1. The minimum Gasteiger partial charge on any atom is -0.369 e. The van der Waals surface area contributed by atoms with Gasteiger partial charge in [-0.2, -0.15) is 5.26 Å². The van der Waals surface area contributed by atoms with E-state index < -0.39 is 0 Å². The number of piperidine rings is 1. The first-order valence-corrected chi connectivity index (χ1v) is 6.63. The second-order valence-corrected chi connectivity index (χ2v) is 5.46. The Hall–Kier alpha value is -1.05. The van der Waals surface area contributed by atoms with Crippen molar-refractivity contribution in [1.82, 2.24) is 0 Å². The average Bonchev–Trinajstić information content (AvgIpc) is 2.29. The molecule has 90 valence electrons. The third-order valence-electron chi connectivity index (χ3n) is 3.32. The molecule has 0 aromatic heterocycles. The Kier molecular flexibility index (Phi) is 3.70. The van der Waals surface area contributed by atoms with Crippen LogP contribution in [0.1, 0.15) is 25.3 Å². The van der Waals surface area contributed by atoms with Crippen LogP contribution in [0.25, 0.3) is 0 Å². The third kappa shape index (κ3) is 2.62. The zero-order valence-corrected chi connectivity index (χ0v) is 11.4. The van der Waals surface area contributed by atoms with Crippen LogP contribution in [0.2, 0.25) is 0 Å². The molecule has 1 fully saturated rings. The molecule has 2 atom stereocenters. The predicted octanol–water partition coefficient (Wildman–Crippen LogP) is 2.64. The number of hydrogen-bond donors (Lipinski definition) is 1. The van der Waals surface area contributed by atoms with Crippen molar-refractivity contribution in [2.24, 2.45) is 5.73 Å². The molecular formula is C13H16BrN3. The second-order valence-electron chi connectivity index (χ2n) is 4.60. The molecule has 0 spiro atoms. The molecule has 1 heterocycles. The molecule has 2 rings (SSSR count). The summed E-state index contributed by atoms with van der Waals surface area (Å²) in [5, 5.41) is 8.90. The van der Waals surface area contributed by atoms with Crippen LogP contribution < -0.4 is 10.6 Å². The predicted molar refractivity (Wildman–Crippen MR) is 72.9 cm³/mol. The van der Waals surface area contributed by atoms with Crippen LogP contribution >= 0.6 is 15.9 Å². The summed E-state index contributed by atoms with van der Waals surface area (Å²) in [5.74, 6) is 0. The zero-order valence-electron chi connectivity index (χ0n) is 9.86. The fraction of sp³-hybridized carbons (Fsp3) is 0.462. The molecule has 4 heteroatoms. The van der Waals surface area contributed by atoms with Crippen molar-refractivity contribution >= 4 is 21.6 Å². The minimum atomic E-state index is 0.322. The highest BCUT2D eigenvalue weighted by Gasteiger charge is 2.23. The van der Waals surface area contributed by atoms with E-state index in [1.807, 2.05) is 18.2 Å². The lowest BCUT2D eigenvalue weighted by Crippen LogP contribution is -2.45. The number of benzene rings is 1. The van der Waals surface area contributed by atoms with Crippen molar-refractivity contribution in [2.75, 3.05) is 11.4 Å². The monoisotopic (exact) mass is 293 g/mol. The molecule has 3 nitrogen and oxygen atoms in total. The Morgan fingerprint density at radius 2 is 2.29 bits per heavy atom. The van der Waals surface area contributed by atoms with Gasteiger partial charge in [-0.15, -0.1) is 0 Å².